The molecule has 0 fully saturated rings. The molecule has 1 unspecified atom stereocenters. The predicted octanol–water partition coefficient (Wildman–Crippen LogP) is 3.99. The SMILES string of the molecule is COc1ccc(CCNC(=O)C(C)N(C)CC(=O)Nc2ccc(Cl)c(C(F)(F)F)c2)cc1. The molecule has 174 valence electrons. The Morgan fingerprint density at radius 1 is 1.16 bits per heavy atom. The Morgan fingerprint density at radius 2 is 1.81 bits per heavy atom. The van der Waals surface area contributed by atoms with Crippen LogP contribution in [0.15, 0.2) is 42.5 Å². The van der Waals surface area contributed by atoms with E-state index in [0.29, 0.717) is 13.0 Å². The molecule has 10 heteroatoms. The van der Waals surface area contributed by atoms with Gasteiger partial charge in [0.2, 0.25) is 11.8 Å². The van der Waals surface area contributed by atoms with Gasteiger partial charge >= 0.3 is 6.18 Å². The number of anilines is 1. The van der Waals surface area contributed by atoms with Crippen molar-refractivity contribution in [3.05, 3.63) is 58.6 Å². The van der Waals surface area contributed by atoms with Gasteiger partial charge in [-0.3, -0.25) is 14.5 Å². The number of ether oxygens (including phenoxy) is 1. The first-order valence-electron chi connectivity index (χ1n) is 9.78. The molecule has 2 aromatic rings. The van der Waals surface area contributed by atoms with Crippen LogP contribution in [0, 0.1) is 0 Å². The third-order valence-electron chi connectivity index (χ3n) is 4.86. The van der Waals surface area contributed by atoms with E-state index in [1.165, 1.54) is 11.0 Å². The molecule has 0 spiro atoms. The lowest BCUT2D eigenvalue weighted by Crippen LogP contribution is -2.46. The van der Waals surface area contributed by atoms with Gasteiger partial charge < -0.3 is 15.4 Å². The Balaban J connectivity index is 1.83. The molecule has 0 heterocycles. The number of amides is 2. The molecule has 0 aliphatic rings. The summed E-state index contributed by atoms with van der Waals surface area (Å²) < 4.78 is 44.0. The Labute approximate surface area is 189 Å². The summed E-state index contributed by atoms with van der Waals surface area (Å²) >= 11 is 5.58. The van der Waals surface area contributed by atoms with E-state index >= 15 is 0 Å². The van der Waals surface area contributed by atoms with E-state index in [2.05, 4.69) is 10.6 Å². The molecule has 0 aliphatic carbocycles. The number of halogens is 4. The lowest BCUT2D eigenvalue weighted by Gasteiger charge is -2.23. The molecular formula is C22H25ClF3N3O3. The van der Waals surface area contributed by atoms with Crippen LogP contribution in [0.1, 0.15) is 18.1 Å². The minimum absolute atomic E-state index is 0.0308. The highest BCUT2D eigenvalue weighted by Crippen LogP contribution is 2.36. The van der Waals surface area contributed by atoms with E-state index in [1.54, 1.807) is 21.1 Å². The number of likely N-dealkylation sites (N-methyl/N-ethyl adjacent to an activating group) is 1. The van der Waals surface area contributed by atoms with Crippen molar-refractivity contribution in [1.82, 2.24) is 10.2 Å². The smallest absolute Gasteiger partial charge is 0.417 e. The number of nitrogens with zero attached hydrogens (tertiary/aromatic N) is 1. The van der Waals surface area contributed by atoms with E-state index in [0.717, 1.165) is 23.4 Å². The summed E-state index contributed by atoms with van der Waals surface area (Å²) in [7, 11) is 3.17. The number of benzene rings is 2. The van der Waals surface area contributed by atoms with Gasteiger partial charge in [0.05, 0.1) is 30.3 Å². The number of alkyl halides is 3. The van der Waals surface area contributed by atoms with Crippen molar-refractivity contribution in [3.8, 4) is 5.75 Å². The monoisotopic (exact) mass is 471 g/mol. The molecule has 1 atom stereocenters. The Kier molecular flexibility index (Phi) is 8.91. The van der Waals surface area contributed by atoms with Gasteiger partial charge in [0.15, 0.2) is 0 Å². The largest absolute Gasteiger partial charge is 0.497 e. The molecule has 0 saturated heterocycles. The summed E-state index contributed by atoms with van der Waals surface area (Å²) in [6, 6.07) is 10.0. The molecule has 0 radical (unpaired) electrons. The van der Waals surface area contributed by atoms with Crippen LogP contribution in [0.5, 0.6) is 5.75 Å². The highest BCUT2D eigenvalue weighted by atomic mass is 35.5. The second kappa shape index (κ2) is 11.2. The van der Waals surface area contributed by atoms with E-state index in [9.17, 15) is 22.8 Å². The third kappa shape index (κ3) is 7.42. The van der Waals surface area contributed by atoms with Gasteiger partial charge in [0.25, 0.3) is 0 Å². The van der Waals surface area contributed by atoms with E-state index in [4.69, 9.17) is 16.3 Å². The van der Waals surface area contributed by atoms with Crippen LogP contribution in [-0.4, -0.2) is 50.0 Å². The van der Waals surface area contributed by atoms with Gasteiger partial charge in [0.1, 0.15) is 5.75 Å². The van der Waals surface area contributed by atoms with E-state index in [1.807, 2.05) is 24.3 Å². The van der Waals surface area contributed by atoms with Crippen LogP contribution in [0.25, 0.3) is 0 Å². The summed E-state index contributed by atoms with van der Waals surface area (Å²) in [5.41, 5.74) is -0.0284. The fraction of sp³-hybridized carbons (Fsp3) is 0.364. The number of methoxy groups -OCH3 is 1. The quantitative estimate of drug-likeness (QED) is 0.580. The molecule has 0 saturated carbocycles. The zero-order valence-electron chi connectivity index (χ0n) is 17.9. The second-order valence-corrected chi connectivity index (χ2v) is 7.63. The van der Waals surface area contributed by atoms with Crippen molar-refractivity contribution in [1.29, 1.82) is 0 Å². The molecule has 6 nitrogen and oxygen atoms in total. The maximum absolute atomic E-state index is 13.0. The van der Waals surface area contributed by atoms with Crippen molar-refractivity contribution in [2.45, 2.75) is 25.6 Å². The van der Waals surface area contributed by atoms with Gasteiger partial charge in [-0.2, -0.15) is 13.2 Å². The van der Waals surface area contributed by atoms with Crippen LogP contribution >= 0.6 is 11.6 Å². The van der Waals surface area contributed by atoms with Crippen molar-refractivity contribution in [3.63, 3.8) is 0 Å². The summed E-state index contributed by atoms with van der Waals surface area (Å²) in [6.45, 7) is 1.87. The highest BCUT2D eigenvalue weighted by Gasteiger charge is 2.33. The molecule has 2 amide bonds. The predicted molar refractivity (Wildman–Crippen MR) is 117 cm³/mol. The summed E-state index contributed by atoms with van der Waals surface area (Å²) in [6.07, 6.45) is -4.00. The van der Waals surface area contributed by atoms with Crippen LogP contribution in [0.4, 0.5) is 18.9 Å². The van der Waals surface area contributed by atoms with Gasteiger partial charge in [-0.25, -0.2) is 0 Å². The maximum Gasteiger partial charge on any atom is 0.417 e. The Hall–Kier alpha value is -2.78. The van der Waals surface area contributed by atoms with E-state index in [-0.39, 0.29) is 18.1 Å². The highest BCUT2D eigenvalue weighted by molar-refractivity contribution is 6.31. The molecule has 0 bridgehead atoms. The van der Waals surface area contributed by atoms with Gasteiger partial charge in [-0.05, 0) is 56.3 Å². The lowest BCUT2D eigenvalue weighted by molar-refractivity contribution is -0.137. The van der Waals surface area contributed by atoms with Crippen LogP contribution < -0.4 is 15.4 Å². The summed E-state index contributed by atoms with van der Waals surface area (Å²) in [5, 5.41) is 4.76. The molecule has 2 aromatic carbocycles. The molecule has 2 rings (SSSR count). The zero-order chi connectivity index (χ0) is 23.9. The zero-order valence-corrected chi connectivity index (χ0v) is 18.7. The average Bonchev–Trinajstić information content (AvgIpc) is 2.74. The van der Waals surface area contributed by atoms with E-state index < -0.39 is 28.7 Å². The minimum atomic E-state index is -4.63. The van der Waals surface area contributed by atoms with Crippen LogP contribution in [-0.2, 0) is 22.2 Å². The topological polar surface area (TPSA) is 70.7 Å². The third-order valence-corrected chi connectivity index (χ3v) is 5.19. The normalized spacial score (nSPS) is 12.4. The molecule has 32 heavy (non-hydrogen) atoms. The van der Waals surface area contributed by atoms with Crippen molar-refractivity contribution < 1.29 is 27.5 Å². The molecule has 0 aromatic heterocycles. The second-order valence-electron chi connectivity index (χ2n) is 7.22. The first-order valence-corrected chi connectivity index (χ1v) is 10.2. The number of hydrogen-bond donors (Lipinski definition) is 2. The van der Waals surface area contributed by atoms with Crippen LogP contribution in [0.3, 0.4) is 0 Å². The van der Waals surface area contributed by atoms with Gasteiger partial charge in [-0.15, -0.1) is 0 Å². The van der Waals surface area contributed by atoms with Gasteiger partial charge in [-0.1, -0.05) is 23.7 Å². The summed E-state index contributed by atoms with van der Waals surface area (Å²) in [4.78, 5) is 26.1. The summed E-state index contributed by atoms with van der Waals surface area (Å²) in [5.74, 6) is -0.0694. The van der Waals surface area contributed by atoms with Crippen molar-refractivity contribution in [2.24, 2.45) is 0 Å². The van der Waals surface area contributed by atoms with Crippen molar-refractivity contribution >= 4 is 29.1 Å². The first kappa shape index (κ1) is 25.5. The standard InChI is InChI=1S/C22H25ClF3N3O3/c1-14(21(31)27-11-10-15-4-7-17(32-3)8-5-15)29(2)13-20(30)28-16-6-9-19(23)18(12-16)22(24,25)26/h4-9,12,14H,10-11,13H2,1-3H3,(H,27,31)(H,28,30). The fourth-order valence-corrected chi connectivity index (χ4v) is 3.08. The number of carbonyl (C=O) groups is 2. The van der Waals surface area contributed by atoms with Crippen molar-refractivity contribution in [2.75, 3.05) is 32.6 Å². The number of rotatable bonds is 9. The first-order chi connectivity index (χ1) is 15.0. The Morgan fingerprint density at radius 3 is 2.41 bits per heavy atom. The van der Waals surface area contributed by atoms with Gasteiger partial charge in [0, 0.05) is 12.2 Å². The average molecular weight is 472 g/mol. The Bertz CT molecular complexity index is 936. The lowest BCUT2D eigenvalue weighted by atomic mass is 10.1. The molecular weight excluding hydrogens is 447 g/mol. The number of nitrogens with one attached hydrogen (secondary N) is 2. The number of carbonyl (C=O) groups excluding carboxylic acids is 2. The minimum Gasteiger partial charge on any atom is -0.497 e. The molecule has 2 N–H and O–H groups in total. The maximum atomic E-state index is 13.0. The fourth-order valence-electron chi connectivity index (χ4n) is 2.85. The van der Waals surface area contributed by atoms with Crippen LogP contribution in [0.2, 0.25) is 5.02 Å². The molecule has 0 aliphatic heterocycles. The number of hydrogen-bond acceptors (Lipinski definition) is 4.